The van der Waals surface area contributed by atoms with E-state index in [-0.39, 0.29) is 5.41 Å². The Labute approximate surface area is 763 Å². The molecule has 0 nitrogen and oxygen atoms in total. The molecule has 25 aromatic rings. The second-order valence-corrected chi connectivity index (χ2v) is 35.4. The Morgan fingerprint density at radius 2 is 0.366 bits per heavy atom. The summed E-state index contributed by atoms with van der Waals surface area (Å²) >= 11 is 0. The molecule has 0 heterocycles. The Morgan fingerprint density at radius 1 is 0.115 bits per heavy atom. The van der Waals surface area contributed by atoms with Crippen molar-refractivity contribution in [2.24, 2.45) is 0 Å². The van der Waals surface area contributed by atoms with Crippen molar-refractivity contribution in [2.45, 2.75) is 19.3 Å². The summed E-state index contributed by atoms with van der Waals surface area (Å²) in [5.41, 5.74) is 30.7. The summed E-state index contributed by atoms with van der Waals surface area (Å²) < 4.78 is 0. The first kappa shape index (κ1) is 77.9. The number of benzene rings is 25. The summed E-state index contributed by atoms with van der Waals surface area (Å²) in [7, 11) is 0. The highest BCUT2D eigenvalue weighted by Crippen LogP contribution is 2.54. The molecule has 0 bridgehead atoms. The lowest BCUT2D eigenvalue weighted by atomic mass is 9.81. The largest absolute Gasteiger partial charge is 0.0622 e. The molecule has 0 atom stereocenters. The minimum absolute atomic E-state index is 0.0231. The first-order valence-electron chi connectivity index (χ1n) is 45.7. The Bertz CT molecular complexity index is 8760. The van der Waals surface area contributed by atoms with Crippen LogP contribution in [0.2, 0.25) is 0 Å². The molecule has 0 amide bonds. The van der Waals surface area contributed by atoms with E-state index in [0.29, 0.717) is 0 Å². The smallest absolute Gasteiger partial charge is 0.0159 e. The molecule has 25 aromatic carbocycles. The van der Waals surface area contributed by atoms with E-state index in [1.165, 1.54) is 252 Å². The summed E-state index contributed by atoms with van der Waals surface area (Å²) in [5, 5.41) is 28.0. The minimum atomic E-state index is -0.0231. The van der Waals surface area contributed by atoms with Gasteiger partial charge in [-0.25, -0.2) is 0 Å². The average molecular weight is 1660 g/mol. The molecule has 0 N–H and O–H groups in total. The van der Waals surface area contributed by atoms with Crippen LogP contribution in [0.4, 0.5) is 0 Å². The van der Waals surface area contributed by atoms with Crippen molar-refractivity contribution < 1.29 is 0 Å². The van der Waals surface area contributed by atoms with Crippen molar-refractivity contribution in [3.05, 3.63) is 509 Å². The molecule has 0 fully saturated rings. The van der Waals surface area contributed by atoms with E-state index < -0.39 is 0 Å². The molecule has 1 aliphatic rings. The molecule has 612 valence electrons. The third-order valence-corrected chi connectivity index (χ3v) is 27.7. The molecule has 0 unspecified atom stereocenters. The van der Waals surface area contributed by atoms with Crippen molar-refractivity contribution in [1.82, 2.24) is 0 Å². The molecule has 131 heavy (non-hydrogen) atoms. The monoisotopic (exact) mass is 1660 g/mol. The number of rotatable bonds is 10. The average Bonchev–Trinajstić information content (AvgIpc) is 1.72. The zero-order valence-electron chi connectivity index (χ0n) is 72.8. The molecular formula is C131H88. The van der Waals surface area contributed by atoms with Gasteiger partial charge in [0, 0.05) is 5.41 Å². The van der Waals surface area contributed by atoms with Crippen LogP contribution in [0.25, 0.3) is 241 Å². The van der Waals surface area contributed by atoms with Crippen LogP contribution in [0.5, 0.6) is 0 Å². The lowest BCUT2D eigenvalue weighted by Crippen LogP contribution is -2.14. The fraction of sp³-hybridized carbons (Fsp3) is 0.0229. The highest BCUT2D eigenvalue weighted by Gasteiger charge is 2.36. The summed E-state index contributed by atoms with van der Waals surface area (Å²) in [4.78, 5) is 0. The van der Waals surface area contributed by atoms with Gasteiger partial charge in [-0.05, 0) is 288 Å². The molecule has 0 saturated heterocycles. The molecule has 26 rings (SSSR count). The molecule has 0 saturated carbocycles. The van der Waals surface area contributed by atoms with E-state index >= 15 is 0 Å². The van der Waals surface area contributed by atoms with Gasteiger partial charge in [-0.2, -0.15) is 0 Å². The van der Waals surface area contributed by atoms with Crippen LogP contribution in [0, 0.1) is 0 Å². The van der Waals surface area contributed by atoms with E-state index in [0.717, 1.165) is 0 Å². The van der Waals surface area contributed by atoms with Gasteiger partial charge in [-0.3, -0.25) is 0 Å². The predicted octanol–water partition coefficient (Wildman–Crippen LogP) is 36.7. The van der Waals surface area contributed by atoms with Gasteiger partial charge in [0.25, 0.3) is 0 Å². The van der Waals surface area contributed by atoms with Crippen molar-refractivity contribution in [3.63, 3.8) is 0 Å². The summed E-state index contributed by atoms with van der Waals surface area (Å²) in [5.74, 6) is 0. The number of hydrogen-bond donors (Lipinski definition) is 0. The molecular weight excluding hydrogens is 1570 g/mol. The Hall–Kier alpha value is -16.6. The topological polar surface area (TPSA) is 0 Å². The third kappa shape index (κ3) is 13.4. The van der Waals surface area contributed by atoms with Crippen molar-refractivity contribution >= 4 is 118 Å². The van der Waals surface area contributed by atoms with Gasteiger partial charge >= 0.3 is 0 Å². The summed E-state index contributed by atoms with van der Waals surface area (Å²) in [6.45, 7) is 4.71. The van der Waals surface area contributed by atoms with Gasteiger partial charge in [-0.1, -0.05) is 475 Å². The maximum atomic E-state index is 2.46. The predicted molar refractivity (Wildman–Crippen MR) is 564 cm³/mol. The van der Waals surface area contributed by atoms with Crippen LogP contribution in [0.3, 0.4) is 0 Å². The summed E-state index contributed by atoms with van der Waals surface area (Å²) in [6, 6.07) is 182. The second-order valence-electron chi connectivity index (χ2n) is 35.4. The van der Waals surface area contributed by atoms with E-state index in [1.807, 2.05) is 0 Å². The van der Waals surface area contributed by atoms with Crippen LogP contribution in [0.15, 0.2) is 497 Å². The van der Waals surface area contributed by atoms with Gasteiger partial charge < -0.3 is 0 Å². The molecule has 1 aliphatic carbocycles. The first-order valence-corrected chi connectivity index (χ1v) is 45.7. The lowest BCUT2D eigenvalue weighted by Gasteiger charge is -2.22. The highest BCUT2D eigenvalue weighted by molar-refractivity contribution is 6.28. The molecule has 0 aliphatic heterocycles. The minimum Gasteiger partial charge on any atom is -0.0622 e. The molecule has 0 spiro atoms. The molecule has 0 heteroatoms. The van der Waals surface area contributed by atoms with Crippen LogP contribution in [0.1, 0.15) is 25.0 Å². The Morgan fingerprint density at radius 3 is 0.779 bits per heavy atom. The third-order valence-electron chi connectivity index (χ3n) is 27.7. The maximum absolute atomic E-state index is 2.46. The number of fused-ring (bicyclic) bond motifs is 15. The summed E-state index contributed by atoms with van der Waals surface area (Å²) in [6.07, 6.45) is 0. The van der Waals surface area contributed by atoms with E-state index in [1.54, 1.807) is 0 Å². The van der Waals surface area contributed by atoms with Gasteiger partial charge in [0.05, 0.1) is 0 Å². The number of hydrogen-bond acceptors (Lipinski definition) is 0. The lowest BCUT2D eigenvalue weighted by molar-refractivity contribution is 0.660. The van der Waals surface area contributed by atoms with Crippen LogP contribution in [-0.4, -0.2) is 0 Å². The zero-order valence-corrected chi connectivity index (χ0v) is 72.8. The van der Waals surface area contributed by atoms with Crippen LogP contribution >= 0.6 is 0 Å². The maximum Gasteiger partial charge on any atom is 0.0159 e. The fourth-order valence-electron chi connectivity index (χ4n) is 21.8. The van der Waals surface area contributed by atoms with Crippen molar-refractivity contribution in [2.75, 3.05) is 0 Å². The quantitative estimate of drug-likeness (QED) is 0.0946. The highest BCUT2D eigenvalue weighted by atomic mass is 14.4. The molecule has 0 radical (unpaired) electrons. The Balaban J connectivity index is 0.000000110. The first-order chi connectivity index (χ1) is 64.8. The Kier molecular flexibility index (Phi) is 19.4. The normalized spacial score (nSPS) is 12.1. The van der Waals surface area contributed by atoms with Crippen molar-refractivity contribution in [1.29, 1.82) is 0 Å². The SMILES string of the molecule is CC1(C)c2ccccc2-c2ccc(-c3ccc4c(-c5ccccc5)c5ccccc5c(-c5ccccc5)c4c3)cc21.c1ccc(-c2c3ccccc3c(-c3ccccc3)c3cc(-c4c5ccccc5c(-c5ccc6ccccc6c5)c5ccccc45)ccc23)cc1.c1ccc(-c2c3ccccc3c(-c3ccccc3)c3cc(-c4cc5ccccc5c5ccccc45)ccc23)cc1. The van der Waals surface area contributed by atoms with Gasteiger partial charge in [-0.15, -0.1) is 0 Å². The van der Waals surface area contributed by atoms with Gasteiger partial charge in [0.2, 0.25) is 0 Å². The standard InChI is InChI=1S/C50H32.C41H30.C40H26/c1-3-16-34(17-4-1)47-39-21-9-10-22-40(39)48(35-18-5-2-6-19-35)46-32-38(29-30-45(46)47)50-43-25-13-11-23-41(43)49(42-24-12-14-26-44(42)50)37-28-27-33-15-7-8-20-36(33)31-37;1-41(2)37-20-12-11-17-31(37)32-23-21-30(26-38(32)41)29-22-24-35-36(25-29)40(28-15-7-4-8-16-28)34-19-10-9-18-33(34)39(35)27-13-5-3-6-14-27;1-3-13-27(14-4-1)39-34-21-11-12-22-35(34)40(28-15-5-2-6-16-28)38-26-30(23-24-36(38)39)37-25-29-17-7-8-18-31(29)32-19-9-10-20-33(32)37/h1-32H;3-26H,1-2H3;1-26H. The van der Waals surface area contributed by atoms with E-state index in [2.05, 4.69) is 511 Å². The second kappa shape index (κ2) is 32.7. The van der Waals surface area contributed by atoms with Crippen LogP contribution < -0.4 is 0 Å². The zero-order chi connectivity index (χ0) is 87.0. The van der Waals surface area contributed by atoms with E-state index in [4.69, 9.17) is 0 Å². The van der Waals surface area contributed by atoms with Gasteiger partial charge in [0.1, 0.15) is 0 Å². The van der Waals surface area contributed by atoms with Crippen molar-refractivity contribution in [3.8, 4) is 122 Å². The van der Waals surface area contributed by atoms with Crippen LogP contribution in [-0.2, 0) is 5.41 Å². The molecule has 0 aromatic heterocycles. The fourth-order valence-corrected chi connectivity index (χ4v) is 21.8. The van der Waals surface area contributed by atoms with E-state index in [9.17, 15) is 0 Å². The van der Waals surface area contributed by atoms with Gasteiger partial charge in [0.15, 0.2) is 0 Å².